The molecule has 0 bridgehead atoms. The summed E-state index contributed by atoms with van der Waals surface area (Å²) in [5.74, 6) is 2.61. The lowest BCUT2D eigenvalue weighted by Crippen LogP contribution is -2.14. The summed E-state index contributed by atoms with van der Waals surface area (Å²) in [6.45, 7) is 2.33. The van der Waals surface area contributed by atoms with Crippen molar-refractivity contribution in [3.63, 3.8) is 0 Å². The molecule has 1 saturated carbocycles. The van der Waals surface area contributed by atoms with Crippen LogP contribution in [0.5, 0.6) is 0 Å². The van der Waals surface area contributed by atoms with Crippen LogP contribution < -0.4 is 5.32 Å². The molecule has 1 atom stereocenters. The van der Waals surface area contributed by atoms with Crippen LogP contribution in [0.3, 0.4) is 0 Å². The van der Waals surface area contributed by atoms with Crippen molar-refractivity contribution in [2.75, 3.05) is 11.1 Å². The maximum absolute atomic E-state index is 12.5. The van der Waals surface area contributed by atoms with Crippen molar-refractivity contribution < 1.29 is 4.79 Å². The van der Waals surface area contributed by atoms with Gasteiger partial charge < -0.3 is 5.32 Å². The number of aromatic nitrogens is 2. The van der Waals surface area contributed by atoms with Gasteiger partial charge in [-0.2, -0.15) is 0 Å². The Morgan fingerprint density at radius 3 is 2.82 bits per heavy atom. The summed E-state index contributed by atoms with van der Waals surface area (Å²) in [6.07, 6.45) is 5.85. The Hall–Kier alpha value is -1.92. The number of nitrogens with one attached hydrogen (secondary N) is 1. The minimum Gasteiger partial charge on any atom is -0.325 e. The predicted molar refractivity (Wildman–Crippen MR) is 116 cm³/mol. The number of anilines is 1. The van der Waals surface area contributed by atoms with Gasteiger partial charge in [-0.1, -0.05) is 36.9 Å². The lowest BCUT2D eigenvalue weighted by Gasteiger charge is -2.18. The molecule has 2 aliphatic carbocycles. The summed E-state index contributed by atoms with van der Waals surface area (Å²) in [4.78, 5) is 24.9. The van der Waals surface area contributed by atoms with E-state index in [1.54, 1.807) is 11.8 Å². The lowest BCUT2D eigenvalue weighted by atomic mass is 9.89. The van der Waals surface area contributed by atoms with Gasteiger partial charge in [0.05, 0.1) is 5.75 Å². The molecule has 1 fully saturated rings. The molecular weight excluding hydrogens is 386 g/mol. The van der Waals surface area contributed by atoms with E-state index in [-0.39, 0.29) is 5.91 Å². The standard InChI is InChI=1S/C22H23N3OS2/c1-13-7-10-16-17(11-13)28-22-19(16)21(24-20(25-22)14-8-9-14)27-12-18(26)23-15-5-3-2-4-6-15/h2-6,13-14H,7-12H2,1H3,(H,23,26)/t13-/m0/s1. The summed E-state index contributed by atoms with van der Waals surface area (Å²) in [6, 6.07) is 9.62. The molecule has 3 aromatic rings. The Balaban J connectivity index is 1.43. The first kappa shape index (κ1) is 18.1. The summed E-state index contributed by atoms with van der Waals surface area (Å²) in [5.41, 5.74) is 2.27. The van der Waals surface area contributed by atoms with Crippen molar-refractivity contribution in [2.45, 2.75) is 50.0 Å². The number of thiophene rings is 1. The largest absolute Gasteiger partial charge is 0.325 e. The second kappa shape index (κ2) is 7.48. The van der Waals surface area contributed by atoms with Gasteiger partial charge in [0.2, 0.25) is 5.91 Å². The Morgan fingerprint density at radius 2 is 2.04 bits per heavy atom. The molecule has 4 nitrogen and oxygen atoms in total. The summed E-state index contributed by atoms with van der Waals surface area (Å²) in [5, 5.41) is 5.19. The summed E-state index contributed by atoms with van der Waals surface area (Å²) >= 11 is 3.41. The van der Waals surface area contributed by atoms with Crippen LogP contribution in [-0.2, 0) is 17.6 Å². The van der Waals surface area contributed by atoms with Gasteiger partial charge in [0, 0.05) is 21.9 Å². The Kier molecular flexibility index (Phi) is 4.85. The van der Waals surface area contributed by atoms with Crippen LogP contribution in [0, 0.1) is 5.92 Å². The van der Waals surface area contributed by atoms with Crippen LogP contribution >= 0.6 is 23.1 Å². The van der Waals surface area contributed by atoms with Crippen LogP contribution in [0.1, 0.15) is 48.4 Å². The van der Waals surface area contributed by atoms with Gasteiger partial charge in [0.1, 0.15) is 15.7 Å². The van der Waals surface area contributed by atoms with E-state index in [0.717, 1.165) is 40.1 Å². The Morgan fingerprint density at radius 1 is 1.21 bits per heavy atom. The molecule has 1 aromatic carbocycles. The fourth-order valence-electron chi connectivity index (χ4n) is 3.81. The van der Waals surface area contributed by atoms with E-state index >= 15 is 0 Å². The third-order valence-electron chi connectivity index (χ3n) is 5.48. The van der Waals surface area contributed by atoms with Crippen LogP contribution in [-0.4, -0.2) is 21.6 Å². The van der Waals surface area contributed by atoms with E-state index < -0.39 is 0 Å². The van der Waals surface area contributed by atoms with E-state index in [1.165, 1.54) is 35.1 Å². The Bertz CT molecular complexity index is 1030. The van der Waals surface area contributed by atoms with Crippen molar-refractivity contribution in [1.82, 2.24) is 9.97 Å². The number of thioether (sulfide) groups is 1. The molecule has 6 heteroatoms. The zero-order valence-corrected chi connectivity index (χ0v) is 17.5. The average Bonchev–Trinajstić information content (AvgIpc) is 3.47. The van der Waals surface area contributed by atoms with Crippen molar-refractivity contribution in [3.05, 3.63) is 46.6 Å². The van der Waals surface area contributed by atoms with E-state index in [9.17, 15) is 4.79 Å². The molecule has 0 unspecified atom stereocenters. The SMILES string of the molecule is C[C@H]1CCc2c(sc3nc(C4CC4)nc(SCC(=O)Nc4ccccc4)c23)C1. The Labute approximate surface area is 173 Å². The van der Waals surface area contributed by atoms with Gasteiger partial charge in [-0.15, -0.1) is 11.3 Å². The summed E-state index contributed by atoms with van der Waals surface area (Å²) < 4.78 is 0. The average molecular weight is 410 g/mol. The van der Waals surface area contributed by atoms with E-state index in [1.807, 2.05) is 41.7 Å². The van der Waals surface area contributed by atoms with E-state index in [2.05, 4.69) is 12.2 Å². The number of amides is 1. The fourth-order valence-corrected chi connectivity index (χ4v) is 6.12. The number of carbonyl (C=O) groups is 1. The number of aryl methyl sites for hydroxylation is 1. The van der Waals surface area contributed by atoms with Gasteiger partial charge in [-0.3, -0.25) is 4.79 Å². The number of hydrogen-bond acceptors (Lipinski definition) is 5. The first-order chi connectivity index (χ1) is 13.7. The highest BCUT2D eigenvalue weighted by Crippen LogP contribution is 2.44. The molecule has 5 rings (SSSR count). The van der Waals surface area contributed by atoms with Crippen molar-refractivity contribution in [3.8, 4) is 0 Å². The van der Waals surface area contributed by atoms with E-state index in [4.69, 9.17) is 9.97 Å². The second-order valence-corrected chi connectivity index (χ2v) is 9.94. The third kappa shape index (κ3) is 3.67. The smallest absolute Gasteiger partial charge is 0.234 e. The zero-order valence-electron chi connectivity index (χ0n) is 15.9. The van der Waals surface area contributed by atoms with Gasteiger partial charge >= 0.3 is 0 Å². The number of hydrogen-bond donors (Lipinski definition) is 1. The quantitative estimate of drug-likeness (QED) is 0.451. The molecule has 2 aliphatic rings. The monoisotopic (exact) mass is 409 g/mol. The maximum atomic E-state index is 12.5. The molecule has 0 spiro atoms. The number of fused-ring (bicyclic) bond motifs is 3. The topological polar surface area (TPSA) is 54.9 Å². The van der Waals surface area contributed by atoms with Crippen LogP contribution in [0.2, 0.25) is 0 Å². The molecule has 2 aromatic heterocycles. The second-order valence-electron chi connectivity index (χ2n) is 7.90. The minimum atomic E-state index is 0.00801. The zero-order chi connectivity index (χ0) is 19.1. The molecule has 0 saturated heterocycles. The molecule has 0 radical (unpaired) electrons. The normalized spacial score (nSPS) is 18.8. The molecular formula is C22H23N3OS2. The highest BCUT2D eigenvalue weighted by molar-refractivity contribution is 8.00. The molecule has 144 valence electrons. The molecule has 28 heavy (non-hydrogen) atoms. The van der Waals surface area contributed by atoms with Gasteiger partial charge in [0.25, 0.3) is 0 Å². The first-order valence-electron chi connectivity index (χ1n) is 9.97. The van der Waals surface area contributed by atoms with E-state index in [0.29, 0.717) is 11.7 Å². The van der Waals surface area contributed by atoms with Crippen LogP contribution in [0.25, 0.3) is 10.2 Å². The fraction of sp³-hybridized carbons (Fsp3) is 0.409. The number of para-hydroxylation sites is 1. The van der Waals surface area contributed by atoms with Crippen molar-refractivity contribution in [2.24, 2.45) is 5.92 Å². The van der Waals surface area contributed by atoms with Gasteiger partial charge in [0.15, 0.2) is 0 Å². The number of carbonyl (C=O) groups excluding carboxylic acids is 1. The summed E-state index contributed by atoms with van der Waals surface area (Å²) in [7, 11) is 0. The number of benzene rings is 1. The van der Waals surface area contributed by atoms with Crippen molar-refractivity contribution in [1.29, 1.82) is 0 Å². The lowest BCUT2D eigenvalue weighted by molar-refractivity contribution is -0.113. The maximum Gasteiger partial charge on any atom is 0.234 e. The molecule has 1 amide bonds. The number of nitrogens with zero attached hydrogens (tertiary/aromatic N) is 2. The highest BCUT2D eigenvalue weighted by Gasteiger charge is 2.30. The molecule has 1 N–H and O–H groups in total. The predicted octanol–water partition coefficient (Wildman–Crippen LogP) is 5.42. The van der Waals surface area contributed by atoms with Gasteiger partial charge in [-0.25, -0.2) is 9.97 Å². The molecule has 2 heterocycles. The molecule has 0 aliphatic heterocycles. The van der Waals surface area contributed by atoms with Crippen LogP contribution in [0.4, 0.5) is 5.69 Å². The van der Waals surface area contributed by atoms with Gasteiger partial charge in [-0.05, 0) is 55.7 Å². The third-order valence-corrected chi connectivity index (χ3v) is 7.60. The first-order valence-corrected chi connectivity index (χ1v) is 11.8. The van der Waals surface area contributed by atoms with Crippen LogP contribution in [0.15, 0.2) is 35.4 Å². The minimum absolute atomic E-state index is 0.00801. The highest BCUT2D eigenvalue weighted by atomic mass is 32.2. The number of rotatable bonds is 5. The van der Waals surface area contributed by atoms with Crippen molar-refractivity contribution >= 4 is 44.9 Å².